The summed E-state index contributed by atoms with van der Waals surface area (Å²) in [6, 6.07) is 10.1. The van der Waals surface area contributed by atoms with Gasteiger partial charge in [-0.25, -0.2) is 0 Å². The minimum absolute atomic E-state index is 0.698. The molecule has 3 aromatic rings. The molecule has 92 valence electrons. The summed E-state index contributed by atoms with van der Waals surface area (Å²) in [6.45, 7) is 2.65. The maximum atomic E-state index is 5.78. The molecular weight excluding hydrogens is 246 g/mol. The first-order valence-electron chi connectivity index (χ1n) is 5.71. The van der Waals surface area contributed by atoms with E-state index in [0.717, 1.165) is 26.9 Å². The second-order valence-corrected chi connectivity index (χ2v) is 5.37. The van der Waals surface area contributed by atoms with Crippen LogP contribution in [0.2, 0.25) is 0 Å². The maximum absolute atomic E-state index is 5.78. The van der Waals surface area contributed by atoms with Crippen molar-refractivity contribution in [2.75, 3.05) is 11.9 Å². The van der Waals surface area contributed by atoms with Crippen LogP contribution in [0.3, 0.4) is 0 Å². The van der Waals surface area contributed by atoms with Crippen LogP contribution in [0.25, 0.3) is 11.0 Å². The van der Waals surface area contributed by atoms with E-state index in [1.54, 1.807) is 11.3 Å². The summed E-state index contributed by atoms with van der Waals surface area (Å²) >= 11 is 1.58. The highest BCUT2D eigenvalue weighted by Crippen LogP contribution is 2.23. The van der Waals surface area contributed by atoms with E-state index in [4.69, 9.17) is 4.42 Å². The van der Waals surface area contributed by atoms with Gasteiger partial charge in [-0.1, -0.05) is 29.5 Å². The highest BCUT2D eigenvalue weighted by molar-refractivity contribution is 7.15. The minimum atomic E-state index is 0.698. The molecule has 0 amide bonds. The van der Waals surface area contributed by atoms with Crippen molar-refractivity contribution in [3.05, 3.63) is 41.1 Å². The Morgan fingerprint density at radius 3 is 2.83 bits per heavy atom. The topological polar surface area (TPSA) is 42.2 Å². The van der Waals surface area contributed by atoms with Crippen LogP contribution in [0.15, 0.2) is 34.7 Å². The van der Waals surface area contributed by atoms with Gasteiger partial charge in [-0.05, 0) is 19.1 Å². The van der Waals surface area contributed by atoms with Gasteiger partial charge >= 0.3 is 0 Å². The van der Waals surface area contributed by atoms with Crippen LogP contribution in [-0.4, -0.2) is 17.2 Å². The van der Waals surface area contributed by atoms with Crippen molar-refractivity contribution >= 4 is 27.4 Å². The van der Waals surface area contributed by atoms with Gasteiger partial charge in [-0.2, -0.15) is 0 Å². The molecule has 0 bridgehead atoms. The zero-order valence-corrected chi connectivity index (χ0v) is 11.1. The lowest BCUT2D eigenvalue weighted by atomic mass is 10.2. The summed E-state index contributed by atoms with van der Waals surface area (Å²) < 4.78 is 5.78. The molecule has 0 spiro atoms. The number of hydrogen-bond acceptors (Lipinski definition) is 5. The monoisotopic (exact) mass is 259 g/mol. The molecule has 0 saturated carbocycles. The van der Waals surface area contributed by atoms with Crippen molar-refractivity contribution < 1.29 is 4.42 Å². The van der Waals surface area contributed by atoms with Crippen molar-refractivity contribution in [2.24, 2.45) is 0 Å². The second-order valence-electron chi connectivity index (χ2n) is 4.21. The Balaban J connectivity index is 1.83. The molecule has 0 aliphatic heterocycles. The van der Waals surface area contributed by atoms with E-state index in [0.29, 0.717) is 6.54 Å². The largest absolute Gasteiger partial charge is 0.459 e. The normalized spacial score (nSPS) is 11.0. The van der Waals surface area contributed by atoms with Gasteiger partial charge in [0, 0.05) is 12.4 Å². The molecule has 4 nitrogen and oxygen atoms in total. The zero-order chi connectivity index (χ0) is 12.5. The van der Waals surface area contributed by atoms with E-state index in [2.05, 4.69) is 22.3 Å². The van der Waals surface area contributed by atoms with E-state index in [1.807, 2.05) is 37.1 Å². The van der Waals surface area contributed by atoms with Crippen molar-refractivity contribution in [2.45, 2.75) is 13.5 Å². The van der Waals surface area contributed by atoms with Gasteiger partial charge < -0.3 is 9.32 Å². The summed E-state index contributed by atoms with van der Waals surface area (Å²) in [5, 5.41) is 11.2. The van der Waals surface area contributed by atoms with Crippen molar-refractivity contribution in [3.8, 4) is 0 Å². The van der Waals surface area contributed by atoms with Gasteiger partial charge in [-0.15, -0.1) is 10.2 Å². The molecule has 18 heavy (non-hydrogen) atoms. The van der Waals surface area contributed by atoms with Crippen LogP contribution in [-0.2, 0) is 6.54 Å². The number of benzene rings is 1. The Morgan fingerprint density at radius 1 is 1.28 bits per heavy atom. The summed E-state index contributed by atoms with van der Waals surface area (Å²) in [7, 11) is 1.99. The molecule has 0 N–H and O–H groups in total. The Bertz CT molecular complexity index is 640. The van der Waals surface area contributed by atoms with E-state index < -0.39 is 0 Å². The fourth-order valence-corrected chi connectivity index (χ4v) is 2.50. The first kappa shape index (κ1) is 11.2. The van der Waals surface area contributed by atoms with E-state index >= 15 is 0 Å². The number of nitrogens with zero attached hydrogens (tertiary/aromatic N) is 3. The fraction of sp³-hybridized carbons (Fsp3) is 0.231. The van der Waals surface area contributed by atoms with Crippen LogP contribution in [0.4, 0.5) is 5.13 Å². The van der Waals surface area contributed by atoms with Crippen LogP contribution in [0, 0.1) is 6.92 Å². The average Bonchev–Trinajstić information content (AvgIpc) is 2.94. The summed E-state index contributed by atoms with van der Waals surface area (Å²) in [5.41, 5.74) is 0.925. The first-order chi connectivity index (χ1) is 8.72. The van der Waals surface area contributed by atoms with Crippen molar-refractivity contribution in [1.82, 2.24) is 10.2 Å². The molecule has 1 aromatic carbocycles. The third-order valence-corrected chi connectivity index (χ3v) is 3.66. The van der Waals surface area contributed by atoms with Gasteiger partial charge in [0.2, 0.25) is 5.13 Å². The Labute approximate surface area is 109 Å². The molecule has 0 atom stereocenters. The predicted molar refractivity (Wildman–Crippen MR) is 73.0 cm³/mol. The van der Waals surface area contributed by atoms with Gasteiger partial charge in [-0.3, -0.25) is 0 Å². The molecule has 5 heteroatoms. The third kappa shape index (κ3) is 2.09. The van der Waals surface area contributed by atoms with Crippen LogP contribution < -0.4 is 4.90 Å². The fourth-order valence-electron chi connectivity index (χ4n) is 1.86. The standard InChI is InChI=1S/C13H13N3OS/c1-9-14-15-13(18-9)16(2)8-11-7-10-5-3-4-6-12(10)17-11/h3-7H,8H2,1-2H3. The lowest BCUT2D eigenvalue weighted by molar-refractivity contribution is 0.545. The number of para-hydroxylation sites is 1. The number of aromatic nitrogens is 2. The maximum Gasteiger partial charge on any atom is 0.208 e. The van der Waals surface area contributed by atoms with Crippen molar-refractivity contribution in [3.63, 3.8) is 0 Å². The third-order valence-electron chi connectivity index (χ3n) is 2.71. The molecular formula is C13H13N3OS. The average molecular weight is 259 g/mol. The Morgan fingerprint density at radius 2 is 2.11 bits per heavy atom. The smallest absolute Gasteiger partial charge is 0.208 e. The van der Waals surface area contributed by atoms with Gasteiger partial charge in [0.15, 0.2) is 0 Å². The SMILES string of the molecule is Cc1nnc(N(C)Cc2cc3ccccc3o2)s1. The molecule has 3 rings (SSSR count). The van der Waals surface area contributed by atoms with Crippen LogP contribution in [0.5, 0.6) is 0 Å². The Kier molecular flexibility index (Phi) is 2.76. The second kappa shape index (κ2) is 4.42. The predicted octanol–water partition coefficient (Wildman–Crippen LogP) is 3.23. The highest BCUT2D eigenvalue weighted by Gasteiger charge is 2.10. The molecule has 0 fully saturated rings. The molecule has 0 unspecified atom stereocenters. The quantitative estimate of drug-likeness (QED) is 0.724. The van der Waals surface area contributed by atoms with E-state index in [1.165, 1.54) is 0 Å². The molecule has 2 aromatic heterocycles. The summed E-state index contributed by atoms with van der Waals surface area (Å²) in [5.74, 6) is 0.937. The lowest BCUT2D eigenvalue weighted by Gasteiger charge is -2.12. The van der Waals surface area contributed by atoms with Crippen molar-refractivity contribution in [1.29, 1.82) is 0 Å². The van der Waals surface area contributed by atoms with E-state index in [9.17, 15) is 0 Å². The number of fused-ring (bicyclic) bond motifs is 1. The zero-order valence-electron chi connectivity index (χ0n) is 10.3. The Hall–Kier alpha value is -1.88. The van der Waals surface area contributed by atoms with Crippen LogP contribution >= 0.6 is 11.3 Å². The van der Waals surface area contributed by atoms with Crippen LogP contribution in [0.1, 0.15) is 10.8 Å². The molecule has 2 heterocycles. The molecule has 0 aliphatic carbocycles. The number of rotatable bonds is 3. The number of aryl methyl sites for hydroxylation is 1. The van der Waals surface area contributed by atoms with E-state index in [-0.39, 0.29) is 0 Å². The first-order valence-corrected chi connectivity index (χ1v) is 6.53. The van der Waals surface area contributed by atoms with Gasteiger partial charge in [0.1, 0.15) is 16.4 Å². The molecule has 0 aliphatic rings. The number of anilines is 1. The highest BCUT2D eigenvalue weighted by atomic mass is 32.1. The lowest BCUT2D eigenvalue weighted by Crippen LogP contribution is -2.15. The molecule has 0 saturated heterocycles. The molecule has 0 radical (unpaired) electrons. The van der Waals surface area contributed by atoms with Gasteiger partial charge in [0.25, 0.3) is 0 Å². The summed E-state index contributed by atoms with van der Waals surface area (Å²) in [6.07, 6.45) is 0. The van der Waals surface area contributed by atoms with Gasteiger partial charge in [0.05, 0.1) is 6.54 Å². The summed E-state index contributed by atoms with van der Waals surface area (Å²) in [4.78, 5) is 2.04. The minimum Gasteiger partial charge on any atom is -0.459 e. The number of furan rings is 1. The number of hydrogen-bond donors (Lipinski definition) is 0.